The molecule has 2 heterocycles. The molecule has 0 saturated carbocycles. The number of nitrogens with two attached hydrogens (primary N) is 1. The molecule has 0 aromatic carbocycles. The summed E-state index contributed by atoms with van der Waals surface area (Å²) in [7, 11) is 0. The van der Waals surface area contributed by atoms with Gasteiger partial charge in [-0.2, -0.15) is 0 Å². The number of rotatable bonds is 2. The molecule has 0 amide bonds. The highest BCUT2D eigenvalue weighted by molar-refractivity contribution is 8.13. The fraction of sp³-hybridized carbons (Fsp3) is 0.143. The molecule has 3 N–H and O–H groups in total. The van der Waals surface area contributed by atoms with Gasteiger partial charge in [-0.05, 0) is 0 Å². The SMILES string of the molecule is N=C(N)SCc1cn2ccsc2n1. The smallest absolute Gasteiger partial charge is 0.193 e. The van der Waals surface area contributed by atoms with Crippen molar-refractivity contribution in [1.82, 2.24) is 9.38 Å². The molecular weight excluding hydrogens is 204 g/mol. The predicted molar refractivity (Wildman–Crippen MR) is 56.3 cm³/mol. The predicted octanol–water partition coefficient (Wildman–Crippen LogP) is 1.52. The molecule has 2 aromatic heterocycles. The number of hydrogen-bond acceptors (Lipinski definition) is 4. The second kappa shape index (κ2) is 3.39. The monoisotopic (exact) mass is 212 g/mol. The van der Waals surface area contributed by atoms with Crippen molar-refractivity contribution in [3.05, 3.63) is 23.5 Å². The van der Waals surface area contributed by atoms with Crippen LogP contribution in [0.1, 0.15) is 5.69 Å². The van der Waals surface area contributed by atoms with E-state index < -0.39 is 0 Å². The van der Waals surface area contributed by atoms with Crippen molar-refractivity contribution in [1.29, 1.82) is 5.41 Å². The zero-order valence-electron chi connectivity index (χ0n) is 6.73. The number of hydrogen-bond donors (Lipinski definition) is 2. The summed E-state index contributed by atoms with van der Waals surface area (Å²) in [4.78, 5) is 5.34. The Morgan fingerprint density at radius 2 is 2.62 bits per heavy atom. The van der Waals surface area contributed by atoms with Crippen LogP contribution < -0.4 is 5.73 Å². The number of thioether (sulfide) groups is 1. The summed E-state index contributed by atoms with van der Waals surface area (Å²) >= 11 is 2.89. The number of aromatic nitrogens is 2. The summed E-state index contributed by atoms with van der Waals surface area (Å²) in [5, 5.41) is 9.18. The van der Waals surface area contributed by atoms with Gasteiger partial charge in [0.1, 0.15) is 0 Å². The molecule has 0 saturated heterocycles. The Balaban J connectivity index is 2.15. The van der Waals surface area contributed by atoms with Crippen molar-refractivity contribution in [2.75, 3.05) is 0 Å². The van der Waals surface area contributed by atoms with Crippen molar-refractivity contribution in [2.24, 2.45) is 5.73 Å². The van der Waals surface area contributed by atoms with Crippen LogP contribution in [0.5, 0.6) is 0 Å². The molecule has 0 fully saturated rings. The minimum Gasteiger partial charge on any atom is -0.379 e. The van der Waals surface area contributed by atoms with Crippen LogP contribution in [0.25, 0.3) is 4.96 Å². The van der Waals surface area contributed by atoms with Crippen molar-refractivity contribution in [3.63, 3.8) is 0 Å². The lowest BCUT2D eigenvalue weighted by molar-refractivity contribution is 1.22. The van der Waals surface area contributed by atoms with Crippen LogP contribution in [0.15, 0.2) is 17.8 Å². The van der Waals surface area contributed by atoms with Gasteiger partial charge in [-0.3, -0.25) is 9.81 Å². The molecule has 0 bridgehead atoms. The maximum absolute atomic E-state index is 7.05. The molecule has 4 nitrogen and oxygen atoms in total. The quantitative estimate of drug-likeness (QED) is 0.586. The van der Waals surface area contributed by atoms with Crippen LogP contribution in [0.3, 0.4) is 0 Å². The van der Waals surface area contributed by atoms with Gasteiger partial charge in [-0.1, -0.05) is 11.8 Å². The minimum atomic E-state index is 0.136. The first-order chi connectivity index (χ1) is 6.25. The maximum atomic E-state index is 7.05. The molecule has 13 heavy (non-hydrogen) atoms. The summed E-state index contributed by atoms with van der Waals surface area (Å²) in [6.45, 7) is 0. The highest BCUT2D eigenvalue weighted by Gasteiger charge is 2.02. The molecule has 0 aliphatic carbocycles. The molecule has 0 radical (unpaired) electrons. The van der Waals surface area contributed by atoms with E-state index in [1.54, 1.807) is 11.3 Å². The number of amidine groups is 1. The van der Waals surface area contributed by atoms with E-state index in [9.17, 15) is 0 Å². The Morgan fingerprint density at radius 3 is 3.31 bits per heavy atom. The fourth-order valence-corrected chi connectivity index (χ4v) is 2.16. The Kier molecular flexibility index (Phi) is 2.24. The van der Waals surface area contributed by atoms with E-state index in [0.717, 1.165) is 10.7 Å². The Labute approximate surface area is 83.3 Å². The standard InChI is InChI=1S/C7H8N4S2/c8-6(9)13-4-5-3-11-1-2-12-7(11)10-5/h1-3H,4H2,(H3,8,9). The van der Waals surface area contributed by atoms with Crippen LogP contribution in [-0.4, -0.2) is 14.6 Å². The van der Waals surface area contributed by atoms with Gasteiger partial charge in [0, 0.05) is 23.5 Å². The number of fused-ring (bicyclic) bond motifs is 1. The second-order valence-corrected chi connectivity index (χ2v) is 4.37. The first kappa shape index (κ1) is 8.58. The molecular formula is C7H8N4S2. The van der Waals surface area contributed by atoms with Crippen molar-refractivity contribution >= 4 is 33.2 Å². The third-order valence-corrected chi connectivity index (χ3v) is 3.04. The van der Waals surface area contributed by atoms with Crippen molar-refractivity contribution < 1.29 is 0 Å². The van der Waals surface area contributed by atoms with Crippen LogP contribution in [0.4, 0.5) is 0 Å². The van der Waals surface area contributed by atoms with E-state index in [2.05, 4.69) is 4.98 Å². The molecule has 68 valence electrons. The average Bonchev–Trinajstić information content (AvgIpc) is 2.58. The molecule has 0 atom stereocenters. The topological polar surface area (TPSA) is 67.2 Å². The van der Waals surface area contributed by atoms with Crippen molar-refractivity contribution in [2.45, 2.75) is 5.75 Å². The van der Waals surface area contributed by atoms with Crippen LogP contribution >= 0.6 is 23.1 Å². The number of thiazole rings is 1. The normalized spacial score (nSPS) is 10.8. The lowest BCUT2D eigenvalue weighted by atomic mass is 10.6. The van der Waals surface area contributed by atoms with Gasteiger partial charge in [-0.15, -0.1) is 11.3 Å². The number of nitrogens with one attached hydrogen (secondary N) is 1. The first-order valence-corrected chi connectivity index (χ1v) is 5.50. The highest BCUT2D eigenvalue weighted by Crippen LogP contribution is 2.15. The summed E-state index contributed by atoms with van der Waals surface area (Å²) in [5.41, 5.74) is 6.19. The van der Waals surface area contributed by atoms with Crippen LogP contribution in [0, 0.1) is 5.41 Å². The zero-order valence-corrected chi connectivity index (χ0v) is 8.36. The van der Waals surface area contributed by atoms with Gasteiger partial charge < -0.3 is 5.73 Å². The Hall–Kier alpha value is -1.01. The Bertz CT molecular complexity index is 402. The van der Waals surface area contributed by atoms with Crippen molar-refractivity contribution in [3.8, 4) is 0 Å². The van der Waals surface area contributed by atoms with Crippen LogP contribution in [0.2, 0.25) is 0 Å². The first-order valence-electron chi connectivity index (χ1n) is 3.63. The Morgan fingerprint density at radius 1 is 1.77 bits per heavy atom. The summed E-state index contributed by atoms with van der Waals surface area (Å²) in [5.74, 6) is 0.670. The summed E-state index contributed by atoms with van der Waals surface area (Å²) in [6.07, 6.45) is 3.93. The molecule has 0 spiro atoms. The average molecular weight is 212 g/mol. The molecule has 2 rings (SSSR count). The van der Waals surface area contributed by atoms with E-state index in [-0.39, 0.29) is 5.17 Å². The van der Waals surface area contributed by atoms with Gasteiger partial charge in [0.05, 0.1) is 5.69 Å². The van der Waals surface area contributed by atoms with E-state index in [4.69, 9.17) is 11.1 Å². The third kappa shape index (κ3) is 1.84. The lowest BCUT2D eigenvalue weighted by Gasteiger charge is -1.92. The van der Waals surface area contributed by atoms with Gasteiger partial charge in [-0.25, -0.2) is 4.98 Å². The minimum absolute atomic E-state index is 0.136. The largest absolute Gasteiger partial charge is 0.379 e. The van der Waals surface area contributed by atoms with Gasteiger partial charge in [0.25, 0.3) is 0 Å². The van der Waals surface area contributed by atoms with E-state index >= 15 is 0 Å². The van der Waals surface area contributed by atoms with E-state index in [1.807, 2.05) is 22.2 Å². The number of imidazole rings is 1. The zero-order chi connectivity index (χ0) is 9.26. The summed E-state index contributed by atoms with van der Waals surface area (Å²) < 4.78 is 1.97. The van der Waals surface area contributed by atoms with Gasteiger partial charge in [0.2, 0.25) is 0 Å². The van der Waals surface area contributed by atoms with E-state index in [0.29, 0.717) is 5.75 Å². The third-order valence-electron chi connectivity index (χ3n) is 1.52. The number of nitrogens with zero attached hydrogens (tertiary/aromatic N) is 2. The van der Waals surface area contributed by atoms with Crippen LogP contribution in [-0.2, 0) is 5.75 Å². The highest BCUT2D eigenvalue weighted by atomic mass is 32.2. The molecule has 2 aromatic rings. The second-order valence-electron chi connectivity index (χ2n) is 2.48. The molecule has 0 unspecified atom stereocenters. The molecule has 0 aliphatic heterocycles. The lowest BCUT2D eigenvalue weighted by Crippen LogP contribution is -2.03. The van der Waals surface area contributed by atoms with E-state index in [1.165, 1.54) is 11.8 Å². The van der Waals surface area contributed by atoms with Gasteiger partial charge >= 0.3 is 0 Å². The summed E-state index contributed by atoms with van der Waals surface area (Å²) in [6, 6.07) is 0. The fourth-order valence-electron chi connectivity index (χ4n) is 0.997. The maximum Gasteiger partial charge on any atom is 0.193 e. The molecule has 0 aliphatic rings. The molecule has 6 heteroatoms. The van der Waals surface area contributed by atoms with Gasteiger partial charge in [0.15, 0.2) is 10.1 Å².